The summed E-state index contributed by atoms with van der Waals surface area (Å²) in [5.41, 5.74) is 1.45. The number of amides is 1. The van der Waals surface area contributed by atoms with Crippen LogP contribution in [0.25, 0.3) is 0 Å². The summed E-state index contributed by atoms with van der Waals surface area (Å²) in [6.45, 7) is 3.65. The van der Waals surface area contributed by atoms with Crippen LogP contribution in [0.3, 0.4) is 0 Å². The zero-order chi connectivity index (χ0) is 20.7. The van der Waals surface area contributed by atoms with E-state index in [2.05, 4.69) is 5.32 Å². The van der Waals surface area contributed by atoms with Crippen molar-refractivity contribution >= 4 is 21.6 Å². The lowest BCUT2D eigenvalue weighted by molar-refractivity contribution is -0.122. The van der Waals surface area contributed by atoms with Gasteiger partial charge in [-0.25, -0.2) is 12.8 Å². The van der Waals surface area contributed by atoms with Crippen LogP contribution in [0.2, 0.25) is 0 Å². The molecule has 0 aromatic heterocycles. The molecule has 1 N–H and O–H groups in total. The summed E-state index contributed by atoms with van der Waals surface area (Å²) in [6, 6.07) is 14.0. The van der Waals surface area contributed by atoms with Gasteiger partial charge in [0, 0.05) is 6.04 Å². The van der Waals surface area contributed by atoms with Gasteiger partial charge in [-0.3, -0.25) is 9.10 Å². The van der Waals surface area contributed by atoms with Crippen LogP contribution in [0.15, 0.2) is 54.6 Å². The van der Waals surface area contributed by atoms with Crippen molar-refractivity contribution in [2.45, 2.75) is 45.2 Å². The summed E-state index contributed by atoms with van der Waals surface area (Å²) >= 11 is 0. The van der Waals surface area contributed by atoms with E-state index < -0.39 is 21.9 Å². The number of rotatable bonds is 9. The molecule has 0 aliphatic rings. The Kier molecular flexibility index (Phi) is 7.57. The van der Waals surface area contributed by atoms with Crippen LogP contribution < -0.4 is 9.62 Å². The maximum atomic E-state index is 13.2. The Morgan fingerprint density at radius 3 is 2.25 bits per heavy atom. The Balaban J connectivity index is 2.11. The first-order valence-corrected chi connectivity index (χ1v) is 11.2. The van der Waals surface area contributed by atoms with Gasteiger partial charge < -0.3 is 5.32 Å². The highest BCUT2D eigenvalue weighted by molar-refractivity contribution is 7.92. The van der Waals surface area contributed by atoms with Gasteiger partial charge in [-0.15, -0.1) is 0 Å². The standard InChI is InChI=1S/C21H27FN2O3S/c1-4-20(24(28(3,26)27)19-14-12-18(22)13-15-19)21(25)23-16(2)10-11-17-8-6-5-7-9-17/h5-9,12-16,20H,4,10-11H2,1-3H3,(H,23,25). The number of carbonyl (C=O) groups is 1. The van der Waals surface area contributed by atoms with Gasteiger partial charge in [-0.1, -0.05) is 37.3 Å². The molecule has 0 bridgehead atoms. The van der Waals surface area contributed by atoms with Crippen molar-refractivity contribution in [1.82, 2.24) is 5.32 Å². The zero-order valence-corrected chi connectivity index (χ0v) is 17.2. The normalized spacial score (nSPS) is 13.6. The zero-order valence-electron chi connectivity index (χ0n) is 16.4. The number of nitrogens with zero attached hydrogens (tertiary/aromatic N) is 1. The average Bonchev–Trinajstić information content (AvgIpc) is 2.65. The molecule has 0 saturated carbocycles. The van der Waals surface area contributed by atoms with Gasteiger partial charge in [-0.05, 0) is 56.0 Å². The van der Waals surface area contributed by atoms with E-state index in [9.17, 15) is 17.6 Å². The van der Waals surface area contributed by atoms with Gasteiger partial charge in [0.1, 0.15) is 11.9 Å². The van der Waals surface area contributed by atoms with E-state index in [0.29, 0.717) is 6.42 Å². The van der Waals surface area contributed by atoms with Crippen LogP contribution in [0.1, 0.15) is 32.3 Å². The van der Waals surface area contributed by atoms with Crippen molar-refractivity contribution < 1.29 is 17.6 Å². The molecule has 0 spiro atoms. The monoisotopic (exact) mass is 406 g/mol. The molecule has 2 aromatic carbocycles. The third-order valence-corrected chi connectivity index (χ3v) is 5.69. The number of hydrogen-bond donors (Lipinski definition) is 1. The van der Waals surface area contributed by atoms with E-state index in [1.54, 1.807) is 6.92 Å². The van der Waals surface area contributed by atoms with Crippen LogP contribution in [0.5, 0.6) is 0 Å². The fraction of sp³-hybridized carbons (Fsp3) is 0.381. The first-order valence-electron chi connectivity index (χ1n) is 9.31. The predicted octanol–water partition coefficient (Wildman–Crippen LogP) is 3.51. The molecular formula is C21H27FN2O3S. The largest absolute Gasteiger partial charge is 0.352 e. The molecule has 7 heteroatoms. The van der Waals surface area contributed by atoms with Crippen LogP contribution in [0.4, 0.5) is 10.1 Å². The number of nitrogens with one attached hydrogen (secondary N) is 1. The molecular weight excluding hydrogens is 379 g/mol. The summed E-state index contributed by atoms with van der Waals surface area (Å²) in [5, 5.41) is 2.92. The van der Waals surface area contributed by atoms with Crippen molar-refractivity contribution in [2.75, 3.05) is 10.6 Å². The molecule has 0 aliphatic heterocycles. The molecule has 0 heterocycles. The maximum Gasteiger partial charge on any atom is 0.244 e. The Bertz CT molecular complexity index is 870. The van der Waals surface area contributed by atoms with Gasteiger partial charge in [0.05, 0.1) is 11.9 Å². The Labute approximate surface area is 166 Å². The molecule has 2 aromatic rings. The SMILES string of the molecule is CCC(C(=O)NC(C)CCc1ccccc1)N(c1ccc(F)cc1)S(C)(=O)=O. The minimum Gasteiger partial charge on any atom is -0.352 e. The molecule has 28 heavy (non-hydrogen) atoms. The lowest BCUT2D eigenvalue weighted by Gasteiger charge is -2.31. The van der Waals surface area contributed by atoms with E-state index in [4.69, 9.17) is 0 Å². The Morgan fingerprint density at radius 1 is 1.11 bits per heavy atom. The lowest BCUT2D eigenvalue weighted by Crippen LogP contribution is -2.51. The van der Waals surface area contributed by atoms with Gasteiger partial charge >= 0.3 is 0 Å². The quantitative estimate of drug-likeness (QED) is 0.693. The first kappa shape index (κ1) is 21.9. The summed E-state index contributed by atoms with van der Waals surface area (Å²) < 4.78 is 39.0. The van der Waals surface area contributed by atoms with E-state index in [1.807, 2.05) is 37.3 Å². The average molecular weight is 407 g/mol. The van der Waals surface area contributed by atoms with Crippen molar-refractivity contribution in [3.05, 3.63) is 66.0 Å². The number of aryl methyl sites for hydroxylation is 1. The van der Waals surface area contributed by atoms with Crippen molar-refractivity contribution in [2.24, 2.45) is 0 Å². The summed E-state index contributed by atoms with van der Waals surface area (Å²) in [4.78, 5) is 12.8. The van der Waals surface area contributed by atoms with Gasteiger partial charge in [0.15, 0.2) is 0 Å². The molecule has 2 atom stereocenters. The predicted molar refractivity (Wildman–Crippen MR) is 110 cm³/mol. The van der Waals surface area contributed by atoms with Crippen LogP contribution in [-0.4, -0.2) is 32.7 Å². The maximum absolute atomic E-state index is 13.2. The van der Waals surface area contributed by atoms with Crippen molar-refractivity contribution in [3.63, 3.8) is 0 Å². The number of carbonyl (C=O) groups excluding carboxylic acids is 1. The summed E-state index contributed by atoms with van der Waals surface area (Å²) in [6.07, 6.45) is 2.89. The minimum absolute atomic E-state index is 0.114. The van der Waals surface area contributed by atoms with E-state index in [0.717, 1.165) is 23.4 Å². The summed E-state index contributed by atoms with van der Waals surface area (Å²) in [5.74, 6) is -0.831. The number of hydrogen-bond acceptors (Lipinski definition) is 3. The van der Waals surface area contributed by atoms with E-state index in [1.165, 1.54) is 29.8 Å². The van der Waals surface area contributed by atoms with Crippen LogP contribution in [-0.2, 0) is 21.2 Å². The molecule has 2 rings (SSSR count). The number of halogens is 1. The third kappa shape index (κ3) is 6.05. The molecule has 0 saturated heterocycles. The molecule has 0 radical (unpaired) electrons. The fourth-order valence-electron chi connectivity index (χ4n) is 3.09. The number of sulfonamides is 1. The highest BCUT2D eigenvalue weighted by atomic mass is 32.2. The topological polar surface area (TPSA) is 66.5 Å². The van der Waals surface area contributed by atoms with E-state index in [-0.39, 0.29) is 17.6 Å². The Morgan fingerprint density at radius 2 is 1.71 bits per heavy atom. The molecule has 0 aliphatic carbocycles. The highest BCUT2D eigenvalue weighted by Gasteiger charge is 2.31. The number of anilines is 1. The van der Waals surface area contributed by atoms with Crippen molar-refractivity contribution in [1.29, 1.82) is 0 Å². The van der Waals surface area contributed by atoms with Crippen LogP contribution in [0, 0.1) is 5.82 Å². The second kappa shape index (κ2) is 9.68. The first-order chi connectivity index (χ1) is 13.2. The number of benzene rings is 2. The van der Waals surface area contributed by atoms with Gasteiger partial charge in [0.25, 0.3) is 0 Å². The van der Waals surface area contributed by atoms with Gasteiger partial charge in [0.2, 0.25) is 15.9 Å². The molecule has 5 nitrogen and oxygen atoms in total. The minimum atomic E-state index is -3.73. The van der Waals surface area contributed by atoms with Crippen LogP contribution >= 0.6 is 0 Å². The molecule has 152 valence electrons. The highest BCUT2D eigenvalue weighted by Crippen LogP contribution is 2.23. The second-order valence-corrected chi connectivity index (χ2v) is 8.75. The van der Waals surface area contributed by atoms with E-state index >= 15 is 0 Å². The fourth-order valence-corrected chi connectivity index (χ4v) is 4.30. The third-order valence-electron chi connectivity index (χ3n) is 4.51. The summed E-state index contributed by atoms with van der Waals surface area (Å²) in [7, 11) is -3.73. The molecule has 2 unspecified atom stereocenters. The smallest absolute Gasteiger partial charge is 0.244 e. The molecule has 0 fully saturated rings. The lowest BCUT2D eigenvalue weighted by atomic mass is 10.1. The molecule has 1 amide bonds. The van der Waals surface area contributed by atoms with Gasteiger partial charge in [-0.2, -0.15) is 0 Å². The second-order valence-electron chi connectivity index (χ2n) is 6.89. The van der Waals surface area contributed by atoms with Crippen molar-refractivity contribution in [3.8, 4) is 0 Å². The Hall–Kier alpha value is -2.41.